The van der Waals surface area contributed by atoms with Gasteiger partial charge >= 0.3 is 5.97 Å². The molecule has 0 unspecified atom stereocenters. The standard InChI is InChI=1S/C28H33N5O4/c1-16-24-21(18-11-13-19(14-12-18)26(30)31)9-6-10-22(24)32(15-23(34)35)25(16)28(37)33(27(36)17(2)29)20-7-4-3-5-8-20/h6,9-14,17,20H,3-5,7-8,15,29H2,1-2H3,(H3,30,31)(H,34,35)/t17-/m0/s1. The number of imide groups is 1. The van der Waals surface area contributed by atoms with Crippen molar-refractivity contribution in [3.8, 4) is 11.1 Å². The van der Waals surface area contributed by atoms with Gasteiger partial charge in [0.05, 0.1) is 11.6 Å². The van der Waals surface area contributed by atoms with Crippen molar-refractivity contribution in [2.45, 2.75) is 64.6 Å². The van der Waals surface area contributed by atoms with Crippen LogP contribution in [0.15, 0.2) is 42.5 Å². The van der Waals surface area contributed by atoms with Crippen molar-refractivity contribution in [2.75, 3.05) is 0 Å². The molecule has 3 aromatic rings. The highest BCUT2D eigenvalue weighted by Crippen LogP contribution is 2.36. The third-order valence-corrected chi connectivity index (χ3v) is 7.12. The topological polar surface area (TPSA) is 156 Å². The molecule has 1 heterocycles. The van der Waals surface area contributed by atoms with Crippen LogP contribution in [0.2, 0.25) is 0 Å². The summed E-state index contributed by atoms with van der Waals surface area (Å²) in [6.07, 6.45) is 4.29. The van der Waals surface area contributed by atoms with Crippen molar-refractivity contribution < 1.29 is 19.5 Å². The molecule has 1 atom stereocenters. The quantitative estimate of drug-likeness (QED) is 0.285. The summed E-state index contributed by atoms with van der Waals surface area (Å²) in [6, 6.07) is 11.6. The number of amidine groups is 1. The van der Waals surface area contributed by atoms with Gasteiger partial charge in [-0.25, -0.2) is 0 Å². The lowest BCUT2D eigenvalue weighted by Crippen LogP contribution is -2.51. The molecule has 0 radical (unpaired) electrons. The maximum absolute atomic E-state index is 14.1. The Labute approximate surface area is 215 Å². The number of aryl methyl sites for hydroxylation is 1. The molecule has 0 aliphatic heterocycles. The van der Waals surface area contributed by atoms with Crippen LogP contribution in [0, 0.1) is 12.3 Å². The van der Waals surface area contributed by atoms with Gasteiger partial charge in [-0.1, -0.05) is 55.7 Å². The molecule has 194 valence electrons. The summed E-state index contributed by atoms with van der Waals surface area (Å²) in [5.41, 5.74) is 15.2. The molecule has 1 aliphatic carbocycles. The Balaban J connectivity index is 1.92. The molecule has 2 aromatic carbocycles. The summed E-state index contributed by atoms with van der Waals surface area (Å²) < 4.78 is 1.49. The number of fused-ring (bicyclic) bond motifs is 1. The number of nitrogens with zero attached hydrogens (tertiary/aromatic N) is 2. The minimum absolute atomic E-state index is 0.0389. The monoisotopic (exact) mass is 503 g/mol. The van der Waals surface area contributed by atoms with Crippen molar-refractivity contribution in [3.63, 3.8) is 0 Å². The van der Waals surface area contributed by atoms with Crippen LogP contribution in [-0.2, 0) is 16.1 Å². The zero-order valence-corrected chi connectivity index (χ0v) is 21.2. The molecular weight excluding hydrogens is 470 g/mol. The molecular formula is C28H33N5O4. The van der Waals surface area contributed by atoms with Crippen molar-refractivity contribution in [1.82, 2.24) is 9.47 Å². The lowest BCUT2D eigenvalue weighted by molar-refractivity contribution is -0.137. The van der Waals surface area contributed by atoms with Gasteiger partial charge in [-0.2, -0.15) is 0 Å². The second-order valence-electron chi connectivity index (χ2n) is 9.74. The smallest absolute Gasteiger partial charge is 0.323 e. The first kappa shape index (κ1) is 26.1. The predicted molar refractivity (Wildman–Crippen MR) is 142 cm³/mol. The van der Waals surface area contributed by atoms with Gasteiger partial charge in [-0.05, 0) is 49.4 Å². The van der Waals surface area contributed by atoms with E-state index >= 15 is 0 Å². The van der Waals surface area contributed by atoms with Crippen molar-refractivity contribution in [3.05, 3.63) is 59.3 Å². The average Bonchev–Trinajstić information content (AvgIpc) is 3.15. The highest BCUT2D eigenvalue weighted by atomic mass is 16.4. The number of carboxylic acid groups (broad SMARTS) is 1. The fraction of sp³-hybridized carbons (Fsp3) is 0.357. The van der Waals surface area contributed by atoms with E-state index in [9.17, 15) is 19.5 Å². The number of carbonyl (C=O) groups excluding carboxylic acids is 2. The lowest BCUT2D eigenvalue weighted by Gasteiger charge is -2.34. The maximum Gasteiger partial charge on any atom is 0.323 e. The van der Waals surface area contributed by atoms with Gasteiger partial charge in [0, 0.05) is 17.0 Å². The van der Waals surface area contributed by atoms with E-state index in [0.717, 1.165) is 35.8 Å². The van der Waals surface area contributed by atoms with E-state index in [4.69, 9.17) is 16.9 Å². The molecule has 6 N–H and O–H groups in total. The fourth-order valence-corrected chi connectivity index (χ4v) is 5.36. The Morgan fingerprint density at radius 1 is 1.11 bits per heavy atom. The van der Waals surface area contributed by atoms with Crippen LogP contribution in [0.5, 0.6) is 0 Å². The largest absolute Gasteiger partial charge is 0.480 e. The van der Waals surface area contributed by atoms with Gasteiger partial charge in [-0.3, -0.25) is 24.7 Å². The number of hydrogen-bond acceptors (Lipinski definition) is 5. The molecule has 0 saturated heterocycles. The van der Waals surface area contributed by atoms with Crippen LogP contribution in [0.1, 0.15) is 60.6 Å². The second kappa shape index (κ2) is 10.6. The third kappa shape index (κ3) is 4.99. The highest BCUT2D eigenvalue weighted by molar-refractivity contribution is 6.11. The Hall–Kier alpha value is -3.98. The SMILES string of the molecule is Cc1c(C(=O)N(C(=O)[C@H](C)N)C2CCCCC2)n(CC(=O)O)c2cccc(-c3ccc(C(=N)N)cc3)c12. The minimum atomic E-state index is -1.09. The first-order valence-electron chi connectivity index (χ1n) is 12.5. The van der Waals surface area contributed by atoms with E-state index in [1.165, 1.54) is 9.47 Å². The number of benzene rings is 2. The van der Waals surface area contributed by atoms with Crippen LogP contribution < -0.4 is 11.5 Å². The normalized spacial score (nSPS) is 14.9. The summed E-state index contributed by atoms with van der Waals surface area (Å²) in [5.74, 6) is -2.10. The van der Waals surface area contributed by atoms with Gasteiger partial charge < -0.3 is 21.1 Å². The lowest BCUT2D eigenvalue weighted by atomic mass is 9.93. The fourth-order valence-electron chi connectivity index (χ4n) is 5.36. The number of carbonyl (C=O) groups is 3. The Bertz CT molecular complexity index is 1370. The van der Waals surface area contributed by atoms with E-state index in [2.05, 4.69) is 0 Å². The minimum Gasteiger partial charge on any atom is -0.480 e. The first-order chi connectivity index (χ1) is 17.6. The number of hydrogen-bond donors (Lipinski definition) is 4. The Morgan fingerprint density at radius 3 is 2.32 bits per heavy atom. The van der Waals surface area contributed by atoms with Crippen molar-refractivity contribution in [1.29, 1.82) is 5.41 Å². The third-order valence-electron chi connectivity index (χ3n) is 7.12. The van der Waals surface area contributed by atoms with Crippen LogP contribution in [0.25, 0.3) is 22.0 Å². The van der Waals surface area contributed by atoms with Gasteiger partial charge in [-0.15, -0.1) is 0 Å². The molecule has 9 heteroatoms. The number of nitrogens with one attached hydrogen (secondary N) is 1. The van der Waals surface area contributed by atoms with Crippen LogP contribution >= 0.6 is 0 Å². The van der Waals surface area contributed by atoms with Gasteiger partial charge in [0.25, 0.3) is 5.91 Å². The molecule has 1 saturated carbocycles. The number of aliphatic carboxylic acids is 1. The maximum atomic E-state index is 14.1. The molecule has 1 aromatic heterocycles. The summed E-state index contributed by atoms with van der Waals surface area (Å²) in [5, 5.41) is 18.1. The van der Waals surface area contributed by atoms with Gasteiger partial charge in [0.2, 0.25) is 5.91 Å². The Kier molecular flexibility index (Phi) is 7.45. The number of amides is 2. The molecule has 0 spiro atoms. The zero-order valence-electron chi connectivity index (χ0n) is 21.2. The second-order valence-corrected chi connectivity index (χ2v) is 9.74. The number of carboxylic acids is 1. The summed E-state index contributed by atoms with van der Waals surface area (Å²) in [6.45, 7) is 2.92. The first-order valence-corrected chi connectivity index (χ1v) is 12.5. The summed E-state index contributed by atoms with van der Waals surface area (Å²) in [4.78, 5) is 40.6. The number of aromatic nitrogens is 1. The molecule has 0 bridgehead atoms. The number of nitrogens with two attached hydrogens (primary N) is 2. The van der Waals surface area contributed by atoms with Gasteiger partial charge in [0.1, 0.15) is 18.1 Å². The van der Waals surface area contributed by atoms with Crippen LogP contribution in [0.3, 0.4) is 0 Å². The molecule has 1 fully saturated rings. The predicted octanol–water partition coefficient (Wildman–Crippen LogP) is 3.63. The van der Waals surface area contributed by atoms with Crippen LogP contribution in [0.4, 0.5) is 0 Å². The van der Waals surface area contributed by atoms with E-state index in [-0.39, 0.29) is 17.6 Å². The van der Waals surface area contributed by atoms with Crippen molar-refractivity contribution >= 4 is 34.5 Å². The van der Waals surface area contributed by atoms with Crippen molar-refractivity contribution in [2.24, 2.45) is 11.5 Å². The number of nitrogen functional groups attached to an aromatic ring is 1. The molecule has 4 rings (SSSR count). The zero-order chi connectivity index (χ0) is 26.9. The van der Waals surface area contributed by atoms with E-state index in [1.54, 1.807) is 32.0 Å². The Morgan fingerprint density at radius 2 is 1.76 bits per heavy atom. The molecule has 2 amide bonds. The molecule has 37 heavy (non-hydrogen) atoms. The van der Waals surface area contributed by atoms with E-state index in [1.807, 2.05) is 24.3 Å². The van der Waals surface area contributed by atoms with E-state index < -0.39 is 30.4 Å². The highest BCUT2D eigenvalue weighted by Gasteiger charge is 2.36. The average molecular weight is 504 g/mol. The summed E-state index contributed by atoms with van der Waals surface area (Å²) >= 11 is 0. The van der Waals surface area contributed by atoms with Crippen LogP contribution in [-0.4, -0.2) is 50.3 Å². The molecule has 9 nitrogen and oxygen atoms in total. The molecule has 1 aliphatic rings. The van der Waals surface area contributed by atoms with Gasteiger partial charge in [0.15, 0.2) is 0 Å². The number of rotatable bonds is 7. The summed E-state index contributed by atoms with van der Waals surface area (Å²) in [7, 11) is 0. The van der Waals surface area contributed by atoms with E-state index in [0.29, 0.717) is 29.5 Å².